The molecule has 2 heterocycles. The molecule has 0 saturated carbocycles. The third-order valence-corrected chi connectivity index (χ3v) is 4.77. The lowest BCUT2D eigenvalue weighted by Gasteiger charge is -2.31. The molecule has 4 nitrogen and oxygen atoms in total. The van der Waals surface area contributed by atoms with Gasteiger partial charge in [0.15, 0.2) is 0 Å². The predicted molar refractivity (Wildman–Crippen MR) is 87.0 cm³/mol. The van der Waals surface area contributed by atoms with Gasteiger partial charge in [-0.3, -0.25) is 4.90 Å². The van der Waals surface area contributed by atoms with E-state index in [1.54, 1.807) is 6.07 Å². The topological polar surface area (TPSA) is 53.7 Å². The number of piperidine rings is 1. The Bertz CT molecular complexity index is 735. The van der Waals surface area contributed by atoms with Crippen LogP contribution in [-0.2, 0) is 6.54 Å². The van der Waals surface area contributed by atoms with E-state index >= 15 is 0 Å². The van der Waals surface area contributed by atoms with Gasteiger partial charge in [-0.05, 0) is 55.8 Å². The predicted octanol–water partition coefficient (Wildman–Crippen LogP) is 2.61. The Kier molecular flexibility index (Phi) is 4.32. The molecule has 2 aromatic rings. The lowest BCUT2D eigenvalue weighted by molar-refractivity contribution is 0.116. The second-order valence-electron chi connectivity index (χ2n) is 6.40. The van der Waals surface area contributed by atoms with Crippen LogP contribution in [-0.4, -0.2) is 29.7 Å². The molecule has 1 N–H and O–H groups in total. The number of benzene rings is 1. The summed E-state index contributed by atoms with van der Waals surface area (Å²) < 4.78 is 5.43. The molecule has 1 aliphatic heterocycles. The summed E-state index contributed by atoms with van der Waals surface area (Å²) in [5.74, 6) is 0.351. The van der Waals surface area contributed by atoms with Gasteiger partial charge in [0, 0.05) is 31.1 Å². The maximum absolute atomic E-state index is 11.9. The van der Waals surface area contributed by atoms with Crippen molar-refractivity contribution in [2.75, 3.05) is 19.7 Å². The number of likely N-dealkylation sites (tertiary alicyclic amines) is 1. The van der Waals surface area contributed by atoms with Crippen molar-refractivity contribution in [1.29, 1.82) is 0 Å². The number of hydrogen-bond acceptors (Lipinski definition) is 4. The lowest BCUT2D eigenvalue weighted by Crippen LogP contribution is -2.36. The molecular weight excluding hydrogens is 278 g/mol. The maximum Gasteiger partial charge on any atom is 0.336 e. The van der Waals surface area contributed by atoms with Crippen molar-refractivity contribution >= 4 is 11.0 Å². The Balaban J connectivity index is 1.97. The number of aliphatic hydroxyl groups excluding tert-OH is 1. The van der Waals surface area contributed by atoms with Crippen molar-refractivity contribution in [2.24, 2.45) is 5.92 Å². The van der Waals surface area contributed by atoms with Crippen LogP contribution in [0.15, 0.2) is 27.4 Å². The second-order valence-corrected chi connectivity index (χ2v) is 6.40. The first-order chi connectivity index (χ1) is 10.6. The van der Waals surface area contributed by atoms with Gasteiger partial charge in [-0.2, -0.15) is 0 Å². The van der Waals surface area contributed by atoms with Crippen LogP contribution < -0.4 is 5.63 Å². The average molecular weight is 301 g/mol. The Morgan fingerprint density at radius 2 is 2.18 bits per heavy atom. The van der Waals surface area contributed by atoms with Gasteiger partial charge in [0.05, 0.1) is 0 Å². The number of nitrogens with zero attached hydrogens (tertiary/aromatic N) is 1. The first-order valence-electron chi connectivity index (χ1n) is 7.94. The van der Waals surface area contributed by atoms with Crippen LogP contribution >= 0.6 is 0 Å². The molecule has 0 spiro atoms. The summed E-state index contributed by atoms with van der Waals surface area (Å²) in [6.45, 7) is 6.91. The molecule has 0 amide bonds. The Morgan fingerprint density at radius 3 is 2.95 bits per heavy atom. The molecule has 1 aliphatic rings. The molecule has 1 aromatic carbocycles. The fourth-order valence-electron chi connectivity index (χ4n) is 3.34. The number of aliphatic hydroxyl groups is 1. The van der Waals surface area contributed by atoms with Crippen LogP contribution in [0.2, 0.25) is 0 Å². The summed E-state index contributed by atoms with van der Waals surface area (Å²) in [4.78, 5) is 14.2. The first-order valence-corrected chi connectivity index (χ1v) is 7.94. The zero-order valence-electron chi connectivity index (χ0n) is 13.3. The first kappa shape index (κ1) is 15.3. The second kappa shape index (κ2) is 6.23. The fraction of sp³-hybridized carbons (Fsp3) is 0.500. The molecule has 1 atom stereocenters. The summed E-state index contributed by atoms with van der Waals surface area (Å²) in [6.07, 6.45) is 2.19. The highest BCUT2D eigenvalue weighted by Crippen LogP contribution is 2.25. The van der Waals surface area contributed by atoms with Crippen molar-refractivity contribution in [2.45, 2.75) is 33.2 Å². The number of hydrogen-bond donors (Lipinski definition) is 1. The van der Waals surface area contributed by atoms with E-state index in [1.165, 1.54) is 0 Å². The fourth-order valence-corrected chi connectivity index (χ4v) is 3.34. The Labute approximate surface area is 130 Å². The molecule has 1 aromatic heterocycles. The lowest BCUT2D eigenvalue weighted by atomic mass is 9.97. The quantitative estimate of drug-likeness (QED) is 0.886. The van der Waals surface area contributed by atoms with Crippen molar-refractivity contribution in [3.8, 4) is 0 Å². The normalized spacial score (nSPS) is 19.7. The van der Waals surface area contributed by atoms with E-state index in [0.717, 1.165) is 54.6 Å². The van der Waals surface area contributed by atoms with Gasteiger partial charge in [0.25, 0.3) is 0 Å². The highest BCUT2D eigenvalue weighted by molar-refractivity contribution is 5.83. The maximum atomic E-state index is 11.9. The minimum Gasteiger partial charge on any atom is -0.422 e. The summed E-state index contributed by atoms with van der Waals surface area (Å²) >= 11 is 0. The molecule has 0 unspecified atom stereocenters. The largest absolute Gasteiger partial charge is 0.422 e. The van der Waals surface area contributed by atoms with Gasteiger partial charge in [0.1, 0.15) is 5.58 Å². The van der Waals surface area contributed by atoms with Crippen LogP contribution in [0.5, 0.6) is 0 Å². The van der Waals surface area contributed by atoms with Gasteiger partial charge >= 0.3 is 5.63 Å². The molecule has 0 bridgehead atoms. The van der Waals surface area contributed by atoms with Crippen LogP contribution in [0.3, 0.4) is 0 Å². The Morgan fingerprint density at radius 1 is 1.36 bits per heavy atom. The molecule has 3 rings (SSSR count). The van der Waals surface area contributed by atoms with E-state index in [1.807, 2.05) is 19.9 Å². The smallest absolute Gasteiger partial charge is 0.336 e. The van der Waals surface area contributed by atoms with E-state index in [-0.39, 0.29) is 12.2 Å². The zero-order chi connectivity index (χ0) is 15.7. The molecule has 118 valence electrons. The minimum atomic E-state index is -0.285. The molecule has 1 saturated heterocycles. The van der Waals surface area contributed by atoms with E-state index in [2.05, 4.69) is 11.0 Å². The third kappa shape index (κ3) is 2.94. The number of fused-ring (bicyclic) bond motifs is 1. The SMILES string of the molecule is Cc1ccc2c(CN3CCC[C@@H](CO)C3)cc(=O)oc2c1C. The summed E-state index contributed by atoms with van der Waals surface area (Å²) in [6, 6.07) is 5.73. The van der Waals surface area contributed by atoms with Crippen molar-refractivity contribution in [3.63, 3.8) is 0 Å². The van der Waals surface area contributed by atoms with Gasteiger partial charge in [-0.15, -0.1) is 0 Å². The van der Waals surface area contributed by atoms with E-state index < -0.39 is 0 Å². The third-order valence-electron chi connectivity index (χ3n) is 4.77. The summed E-state index contributed by atoms with van der Waals surface area (Å²) in [7, 11) is 0. The summed E-state index contributed by atoms with van der Waals surface area (Å²) in [5, 5.41) is 10.4. The van der Waals surface area contributed by atoms with Gasteiger partial charge in [-0.25, -0.2) is 4.79 Å². The average Bonchev–Trinajstić information content (AvgIpc) is 2.51. The highest BCUT2D eigenvalue weighted by atomic mass is 16.4. The van der Waals surface area contributed by atoms with Crippen molar-refractivity contribution in [3.05, 3.63) is 45.3 Å². The van der Waals surface area contributed by atoms with Gasteiger partial charge in [-0.1, -0.05) is 12.1 Å². The van der Waals surface area contributed by atoms with E-state index in [0.29, 0.717) is 11.5 Å². The standard InChI is InChI=1S/C18H23NO3/c1-12-5-6-16-15(8-17(21)22-18(16)13(12)2)10-19-7-3-4-14(9-19)11-20/h5-6,8,14,20H,3-4,7,9-11H2,1-2H3/t14-/m1/s1. The van der Waals surface area contributed by atoms with Crippen molar-refractivity contribution in [1.82, 2.24) is 4.90 Å². The zero-order valence-corrected chi connectivity index (χ0v) is 13.3. The monoisotopic (exact) mass is 301 g/mol. The molecule has 22 heavy (non-hydrogen) atoms. The van der Waals surface area contributed by atoms with Crippen LogP contribution in [0.4, 0.5) is 0 Å². The minimum absolute atomic E-state index is 0.243. The molecule has 0 radical (unpaired) electrons. The number of aryl methyl sites for hydroxylation is 2. The van der Waals surface area contributed by atoms with Gasteiger partial charge in [0.2, 0.25) is 0 Å². The highest BCUT2D eigenvalue weighted by Gasteiger charge is 2.20. The summed E-state index contributed by atoms with van der Waals surface area (Å²) in [5.41, 5.74) is 3.60. The van der Waals surface area contributed by atoms with E-state index in [9.17, 15) is 9.90 Å². The molecular formula is C18H23NO3. The number of rotatable bonds is 3. The van der Waals surface area contributed by atoms with E-state index in [4.69, 9.17) is 4.42 Å². The molecule has 1 fully saturated rings. The van der Waals surface area contributed by atoms with Crippen LogP contribution in [0.1, 0.15) is 29.5 Å². The Hall–Kier alpha value is -1.65. The van der Waals surface area contributed by atoms with Crippen LogP contribution in [0, 0.1) is 19.8 Å². The molecule has 4 heteroatoms. The van der Waals surface area contributed by atoms with Crippen LogP contribution in [0.25, 0.3) is 11.0 Å². The van der Waals surface area contributed by atoms with Gasteiger partial charge < -0.3 is 9.52 Å². The molecule has 0 aliphatic carbocycles. The van der Waals surface area contributed by atoms with Crippen molar-refractivity contribution < 1.29 is 9.52 Å².